The third-order valence-corrected chi connectivity index (χ3v) is 2.64. The standard InChI is InChI=1S/C6H13N3/c7-6-2-5-1-4(6)3-9(5)8/h4-6H,1-3,7-8H2. The Labute approximate surface area is 55.0 Å². The van der Waals surface area contributed by atoms with E-state index in [1.807, 2.05) is 5.01 Å². The summed E-state index contributed by atoms with van der Waals surface area (Å²) in [5.41, 5.74) is 5.80. The summed E-state index contributed by atoms with van der Waals surface area (Å²) in [4.78, 5) is 0. The SMILES string of the molecule is NC1CC2CC1CN2N. The Balaban J connectivity index is 2.10. The van der Waals surface area contributed by atoms with Crippen LogP contribution in [-0.2, 0) is 0 Å². The monoisotopic (exact) mass is 127 g/mol. The molecule has 1 heterocycles. The molecule has 2 aliphatic rings. The van der Waals surface area contributed by atoms with E-state index in [9.17, 15) is 0 Å². The Morgan fingerprint density at radius 1 is 1.33 bits per heavy atom. The molecule has 1 aliphatic heterocycles. The quantitative estimate of drug-likeness (QED) is 0.422. The first-order chi connectivity index (χ1) is 4.27. The minimum Gasteiger partial charge on any atom is -0.327 e. The third-order valence-electron chi connectivity index (χ3n) is 2.64. The predicted octanol–water partition coefficient (Wildman–Crippen LogP) is -0.718. The first-order valence-electron chi connectivity index (χ1n) is 3.54. The summed E-state index contributed by atoms with van der Waals surface area (Å²) in [5.74, 6) is 6.35. The fourth-order valence-electron chi connectivity index (χ4n) is 2.03. The Kier molecular flexibility index (Phi) is 1.06. The van der Waals surface area contributed by atoms with Crippen LogP contribution < -0.4 is 11.6 Å². The summed E-state index contributed by atoms with van der Waals surface area (Å²) in [7, 11) is 0. The van der Waals surface area contributed by atoms with Crippen molar-refractivity contribution < 1.29 is 0 Å². The van der Waals surface area contributed by atoms with Gasteiger partial charge in [-0.25, -0.2) is 5.01 Å². The molecule has 0 spiro atoms. The van der Waals surface area contributed by atoms with E-state index in [0.717, 1.165) is 13.0 Å². The fourth-order valence-corrected chi connectivity index (χ4v) is 2.03. The molecule has 1 saturated carbocycles. The number of nitrogens with zero attached hydrogens (tertiary/aromatic N) is 1. The van der Waals surface area contributed by atoms with E-state index in [2.05, 4.69) is 0 Å². The molecule has 52 valence electrons. The van der Waals surface area contributed by atoms with Gasteiger partial charge in [-0.15, -0.1) is 0 Å². The maximum atomic E-state index is 5.80. The molecule has 2 rings (SSSR count). The van der Waals surface area contributed by atoms with Crippen LogP contribution >= 0.6 is 0 Å². The molecule has 1 aliphatic carbocycles. The van der Waals surface area contributed by atoms with Crippen LogP contribution in [0.3, 0.4) is 0 Å². The molecule has 3 nitrogen and oxygen atoms in total. The molecule has 9 heavy (non-hydrogen) atoms. The molecular formula is C6H13N3. The molecule has 3 atom stereocenters. The Hall–Kier alpha value is -0.120. The van der Waals surface area contributed by atoms with Gasteiger partial charge in [-0.1, -0.05) is 0 Å². The normalized spacial score (nSPS) is 50.7. The molecule has 4 N–H and O–H groups in total. The minimum absolute atomic E-state index is 0.440. The summed E-state index contributed by atoms with van der Waals surface area (Å²) >= 11 is 0. The maximum Gasteiger partial charge on any atom is 0.0259 e. The third kappa shape index (κ3) is 0.689. The molecule has 2 fully saturated rings. The smallest absolute Gasteiger partial charge is 0.0259 e. The second-order valence-electron chi connectivity index (χ2n) is 3.25. The molecule has 0 radical (unpaired) electrons. The summed E-state index contributed by atoms with van der Waals surface area (Å²) in [6.45, 7) is 1.02. The van der Waals surface area contributed by atoms with Crippen LogP contribution in [0.25, 0.3) is 0 Å². The Bertz CT molecular complexity index is 107. The number of hydrazine groups is 1. The molecule has 1 saturated heterocycles. The van der Waals surface area contributed by atoms with Crippen molar-refractivity contribution >= 4 is 0 Å². The van der Waals surface area contributed by atoms with Gasteiger partial charge in [0.2, 0.25) is 0 Å². The lowest BCUT2D eigenvalue weighted by Gasteiger charge is -2.24. The number of fused-ring (bicyclic) bond motifs is 2. The van der Waals surface area contributed by atoms with Crippen molar-refractivity contribution in [2.75, 3.05) is 6.54 Å². The van der Waals surface area contributed by atoms with E-state index in [1.54, 1.807) is 0 Å². The van der Waals surface area contributed by atoms with E-state index >= 15 is 0 Å². The Morgan fingerprint density at radius 3 is 2.44 bits per heavy atom. The highest BCUT2D eigenvalue weighted by molar-refractivity contribution is 4.97. The van der Waals surface area contributed by atoms with Gasteiger partial charge in [-0.3, -0.25) is 5.84 Å². The van der Waals surface area contributed by atoms with Gasteiger partial charge in [0.05, 0.1) is 0 Å². The molecule has 0 aromatic rings. The number of piperidine rings is 1. The van der Waals surface area contributed by atoms with Crippen molar-refractivity contribution in [3.05, 3.63) is 0 Å². The second kappa shape index (κ2) is 1.68. The average Bonchev–Trinajstić information content (AvgIpc) is 2.24. The first kappa shape index (κ1) is 5.65. The molecule has 2 bridgehead atoms. The van der Waals surface area contributed by atoms with Crippen molar-refractivity contribution in [2.45, 2.75) is 24.9 Å². The van der Waals surface area contributed by atoms with Crippen LogP contribution in [0.4, 0.5) is 0 Å². The second-order valence-corrected chi connectivity index (χ2v) is 3.25. The van der Waals surface area contributed by atoms with Gasteiger partial charge in [0.15, 0.2) is 0 Å². The van der Waals surface area contributed by atoms with Crippen LogP contribution in [0.2, 0.25) is 0 Å². The minimum atomic E-state index is 0.440. The number of hydrogen-bond acceptors (Lipinski definition) is 3. The maximum absolute atomic E-state index is 5.80. The average molecular weight is 127 g/mol. The van der Waals surface area contributed by atoms with Gasteiger partial charge in [0.25, 0.3) is 0 Å². The lowest BCUT2D eigenvalue weighted by Crippen LogP contribution is -2.44. The van der Waals surface area contributed by atoms with Gasteiger partial charge in [-0.05, 0) is 18.8 Å². The topological polar surface area (TPSA) is 55.3 Å². The van der Waals surface area contributed by atoms with Crippen LogP contribution in [0, 0.1) is 5.92 Å². The van der Waals surface area contributed by atoms with Crippen LogP contribution in [0.5, 0.6) is 0 Å². The fraction of sp³-hybridized carbons (Fsp3) is 1.00. The summed E-state index contributed by atoms with van der Waals surface area (Å²) < 4.78 is 0. The molecular weight excluding hydrogens is 114 g/mol. The highest BCUT2D eigenvalue weighted by Gasteiger charge is 2.41. The van der Waals surface area contributed by atoms with Gasteiger partial charge < -0.3 is 5.73 Å². The van der Waals surface area contributed by atoms with Gasteiger partial charge >= 0.3 is 0 Å². The lowest BCUT2D eigenvalue weighted by molar-refractivity contribution is 0.205. The largest absolute Gasteiger partial charge is 0.327 e. The number of nitrogens with two attached hydrogens (primary N) is 2. The van der Waals surface area contributed by atoms with Crippen molar-refractivity contribution in [1.82, 2.24) is 5.01 Å². The highest BCUT2D eigenvalue weighted by atomic mass is 15.4. The summed E-state index contributed by atoms with van der Waals surface area (Å²) in [6, 6.07) is 1.04. The van der Waals surface area contributed by atoms with E-state index in [1.165, 1.54) is 6.42 Å². The van der Waals surface area contributed by atoms with Gasteiger partial charge in [-0.2, -0.15) is 0 Å². The molecule has 0 amide bonds. The van der Waals surface area contributed by atoms with Crippen LogP contribution in [0.1, 0.15) is 12.8 Å². The predicted molar refractivity (Wildman–Crippen MR) is 35.4 cm³/mol. The number of hydrogen-bond donors (Lipinski definition) is 2. The zero-order chi connectivity index (χ0) is 6.43. The molecule has 3 heteroatoms. The van der Waals surface area contributed by atoms with E-state index < -0.39 is 0 Å². The van der Waals surface area contributed by atoms with Gasteiger partial charge in [0.1, 0.15) is 0 Å². The molecule has 0 aromatic heterocycles. The van der Waals surface area contributed by atoms with Crippen molar-refractivity contribution in [3.63, 3.8) is 0 Å². The van der Waals surface area contributed by atoms with E-state index in [-0.39, 0.29) is 0 Å². The van der Waals surface area contributed by atoms with Gasteiger partial charge in [0, 0.05) is 18.6 Å². The highest BCUT2D eigenvalue weighted by Crippen LogP contribution is 2.34. The van der Waals surface area contributed by atoms with Crippen molar-refractivity contribution in [3.8, 4) is 0 Å². The first-order valence-corrected chi connectivity index (χ1v) is 3.54. The number of rotatable bonds is 0. The van der Waals surface area contributed by atoms with Crippen LogP contribution in [0.15, 0.2) is 0 Å². The van der Waals surface area contributed by atoms with Crippen molar-refractivity contribution in [2.24, 2.45) is 17.5 Å². The molecule has 3 unspecified atom stereocenters. The van der Waals surface area contributed by atoms with Crippen LogP contribution in [-0.4, -0.2) is 23.6 Å². The van der Waals surface area contributed by atoms with Crippen molar-refractivity contribution in [1.29, 1.82) is 0 Å². The Morgan fingerprint density at radius 2 is 2.11 bits per heavy atom. The zero-order valence-electron chi connectivity index (χ0n) is 5.46. The molecule has 0 aromatic carbocycles. The zero-order valence-corrected chi connectivity index (χ0v) is 5.46. The van der Waals surface area contributed by atoms with E-state index in [0.29, 0.717) is 18.0 Å². The van der Waals surface area contributed by atoms with E-state index in [4.69, 9.17) is 11.6 Å². The lowest BCUT2D eigenvalue weighted by atomic mass is 10.1. The summed E-state index contributed by atoms with van der Waals surface area (Å²) in [6.07, 6.45) is 2.35. The summed E-state index contributed by atoms with van der Waals surface area (Å²) in [5, 5.41) is 1.94.